The van der Waals surface area contributed by atoms with Gasteiger partial charge in [-0.05, 0) is 43.2 Å². The van der Waals surface area contributed by atoms with E-state index in [4.69, 9.17) is 4.74 Å². The van der Waals surface area contributed by atoms with Gasteiger partial charge in [-0.15, -0.1) is 0 Å². The topological polar surface area (TPSA) is 9.23 Å². The number of ether oxygens (including phenoxy) is 1. The Balaban J connectivity index is 2.53. The van der Waals surface area contributed by atoms with E-state index in [9.17, 15) is 0 Å². The van der Waals surface area contributed by atoms with Crippen LogP contribution in [0.2, 0.25) is 0 Å². The molecule has 0 amide bonds. The van der Waals surface area contributed by atoms with Crippen molar-refractivity contribution in [3.8, 4) is 5.75 Å². The molecule has 0 aromatic heterocycles. The molecule has 1 aromatic rings. The van der Waals surface area contributed by atoms with Crippen LogP contribution in [0.25, 0.3) is 0 Å². The van der Waals surface area contributed by atoms with Gasteiger partial charge >= 0.3 is 0 Å². The normalized spacial score (nSPS) is 9.62. The first kappa shape index (κ1) is 10.2. The molecule has 0 saturated heterocycles. The highest BCUT2D eigenvalue weighted by atomic mass is 32.1. The highest BCUT2D eigenvalue weighted by Gasteiger charge is 1.94. The van der Waals surface area contributed by atoms with Crippen LogP contribution >= 0.6 is 0 Å². The molecule has 1 rings (SSSR count). The zero-order valence-corrected chi connectivity index (χ0v) is 8.62. The van der Waals surface area contributed by atoms with Crippen molar-refractivity contribution in [2.24, 2.45) is 0 Å². The molecule has 0 spiro atoms. The van der Waals surface area contributed by atoms with Gasteiger partial charge in [0, 0.05) is 0 Å². The number of hydrogen-bond donors (Lipinski definition) is 0. The molecule has 1 aromatic carbocycles. The Morgan fingerprint density at radius 3 is 2.54 bits per heavy atom. The molecule has 0 aliphatic rings. The highest BCUT2D eigenvalue weighted by molar-refractivity contribution is 7.58. The summed E-state index contributed by atoms with van der Waals surface area (Å²) < 4.78 is 5.12. The maximum atomic E-state index is 5.12. The van der Waals surface area contributed by atoms with Crippen molar-refractivity contribution < 1.29 is 4.74 Å². The van der Waals surface area contributed by atoms with Crippen molar-refractivity contribution >= 4 is 12.6 Å². The SMILES string of the molecule is C=COc1ccc(CCC[SH2+])cc1. The van der Waals surface area contributed by atoms with Crippen molar-refractivity contribution in [1.82, 2.24) is 0 Å². The van der Waals surface area contributed by atoms with Crippen LogP contribution in [-0.2, 0) is 19.0 Å². The molecular formula is C11H15OS+. The van der Waals surface area contributed by atoms with Crippen LogP contribution in [0.4, 0.5) is 0 Å². The minimum absolute atomic E-state index is 0.845. The quantitative estimate of drug-likeness (QED) is 0.517. The maximum Gasteiger partial charge on any atom is 0.126 e. The van der Waals surface area contributed by atoms with Crippen molar-refractivity contribution in [1.29, 1.82) is 0 Å². The molecule has 0 fully saturated rings. The largest absolute Gasteiger partial charge is 0.466 e. The van der Waals surface area contributed by atoms with E-state index in [0.717, 1.165) is 17.9 Å². The highest BCUT2D eigenvalue weighted by Crippen LogP contribution is 2.13. The molecule has 70 valence electrons. The monoisotopic (exact) mass is 195 g/mol. The molecule has 0 aliphatic carbocycles. The minimum atomic E-state index is 0.845. The Kier molecular flexibility index (Phi) is 4.47. The first-order valence-corrected chi connectivity index (χ1v) is 5.08. The molecule has 0 aliphatic heterocycles. The van der Waals surface area contributed by atoms with Crippen LogP contribution in [-0.4, -0.2) is 5.75 Å². The van der Waals surface area contributed by atoms with Gasteiger partial charge in [-0.25, -0.2) is 0 Å². The Morgan fingerprint density at radius 2 is 2.00 bits per heavy atom. The molecule has 1 nitrogen and oxygen atoms in total. The van der Waals surface area contributed by atoms with E-state index < -0.39 is 0 Å². The van der Waals surface area contributed by atoms with E-state index in [0.29, 0.717) is 0 Å². The van der Waals surface area contributed by atoms with Crippen molar-refractivity contribution in [3.63, 3.8) is 0 Å². The standard InChI is InChI=1S/C11H14OS/c1-2-12-11-7-5-10(6-8-11)4-3-9-13/h2,5-8,13H,1,3-4,9H2/p+1. The van der Waals surface area contributed by atoms with Crippen LogP contribution in [0, 0.1) is 0 Å². The third-order valence-corrected chi connectivity index (χ3v) is 2.14. The molecule has 13 heavy (non-hydrogen) atoms. The second kappa shape index (κ2) is 5.70. The second-order valence-corrected chi connectivity index (χ2v) is 3.28. The summed E-state index contributed by atoms with van der Waals surface area (Å²) in [5.41, 5.74) is 1.34. The summed E-state index contributed by atoms with van der Waals surface area (Å²) in [6, 6.07) is 8.09. The summed E-state index contributed by atoms with van der Waals surface area (Å²) in [6.07, 6.45) is 3.71. The molecule has 0 radical (unpaired) electrons. The number of benzene rings is 1. The Bertz CT molecular complexity index is 253. The molecule has 0 saturated carbocycles. The number of rotatable bonds is 5. The fourth-order valence-corrected chi connectivity index (χ4v) is 1.30. The lowest BCUT2D eigenvalue weighted by Gasteiger charge is -2.01. The summed E-state index contributed by atoms with van der Waals surface area (Å²) in [5.74, 6) is 1.89. The number of aryl methyl sites for hydroxylation is 1. The fourth-order valence-electron chi connectivity index (χ4n) is 1.12. The van der Waals surface area contributed by atoms with Crippen LogP contribution < -0.4 is 4.74 Å². The summed E-state index contributed by atoms with van der Waals surface area (Å²) in [4.78, 5) is 0. The van der Waals surface area contributed by atoms with Gasteiger partial charge in [-0.3, -0.25) is 0 Å². The molecule has 0 bridgehead atoms. The van der Waals surface area contributed by atoms with Gasteiger partial charge in [0.1, 0.15) is 11.5 Å². The van der Waals surface area contributed by atoms with E-state index in [-0.39, 0.29) is 0 Å². The molecule has 0 heterocycles. The van der Waals surface area contributed by atoms with E-state index in [1.807, 2.05) is 12.1 Å². The molecule has 0 N–H and O–H groups in total. The Labute approximate surface area is 84.8 Å². The van der Waals surface area contributed by atoms with E-state index in [2.05, 4.69) is 31.3 Å². The second-order valence-electron chi connectivity index (χ2n) is 2.78. The first-order valence-electron chi connectivity index (χ1n) is 4.38. The van der Waals surface area contributed by atoms with Crippen LogP contribution in [0.1, 0.15) is 12.0 Å². The predicted molar refractivity (Wildman–Crippen MR) is 60.6 cm³/mol. The van der Waals surface area contributed by atoms with Gasteiger partial charge in [-0.1, -0.05) is 18.7 Å². The van der Waals surface area contributed by atoms with E-state index >= 15 is 0 Å². The van der Waals surface area contributed by atoms with Gasteiger partial charge in [0.25, 0.3) is 0 Å². The lowest BCUT2D eigenvalue weighted by atomic mass is 10.1. The van der Waals surface area contributed by atoms with Crippen molar-refractivity contribution in [3.05, 3.63) is 42.7 Å². The Morgan fingerprint density at radius 1 is 1.31 bits per heavy atom. The van der Waals surface area contributed by atoms with Gasteiger partial charge < -0.3 is 4.74 Å². The summed E-state index contributed by atoms with van der Waals surface area (Å²) in [7, 11) is 0. The Hall–Kier alpha value is -0.890. The van der Waals surface area contributed by atoms with Gasteiger partial charge in [0.2, 0.25) is 0 Å². The average Bonchev–Trinajstić information content (AvgIpc) is 2.17. The van der Waals surface area contributed by atoms with Gasteiger partial charge in [0.05, 0.1) is 6.26 Å². The summed E-state index contributed by atoms with van der Waals surface area (Å²) >= 11 is 3.45. The van der Waals surface area contributed by atoms with Gasteiger partial charge in [-0.2, -0.15) is 0 Å². The summed E-state index contributed by atoms with van der Waals surface area (Å²) in [6.45, 7) is 3.50. The first-order chi connectivity index (χ1) is 6.36. The maximum absolute atomic E-state index is 5.12. The zero-order valence-electron chi connectivity index (χ0n) is 7.62. The van der Waals surface area contributed by atoms with Crippen LogP contribution in [0.5, 0.6) is 5.75 Å². The van der Waals surface area contributed by atoms with E-state index in [1.54, 1.807) is 0 Å². The average molecular weight is 195 g/mol. The molecule has 2 heteroatoms. The van der Waals surface area contributed by atoms with Crippen molar-refractivity contribution in [2.75, 3.05) is 5.75 Å². The summed E-state index contributed by atoms with van der Waals surface area (Å²) in [5, 5.41) is 0. The molecular weight excluding hydrogens is 180 g/mol. The predicted octanol–water partition coefficient (Wildman–Crippen LogP) is 2.15. The smallest absolute Gasteiger partial charge is 0.126 e. The molecule has 0 atom stereocenters. The van der Waals surface area contributed by atoms with Crippen LogP contribution in [0.3, 0.4) is 0 Å². The van der Waals surface area contributed by atoms with E-state index in [1.165, 1.54) is 18.2 Å². The van der Waals surface area contributed by atoms with Gasteiger partial charge in [0.15, 0.2) is 0 Å². The lowest BCUT2D eigenvalue weighted by molar-refractivity contribution is 0.483. The van der Waals surface area contributed by atoms with Crippen LogP contribution in [0.15, 0.2) is 37.1 Å². The number of hydrogen-bond acceptors (Lipinski definition) is 1. The van der Waals surface area contributed by atoms with Crippen molar-refractivity contribution in [2.45, 2.75) is 12.8 Å². The minimum Gasteiger partial charge on any atom is -0.466 e. The fraction of sp³-hybridized carbons (Fsp3) is 0.273. The molecule has 0 unspecified atom stereocenters. The zero-order chi connectivity index (χ0) is 9.52. The third-order valence-electron chi connectivity index (χ3n) is 1.78. The lowest BCUT2D eigenvalue weighted by Crippen LogP contribution is -1.88. The third kappa shape index (κ3) is 3.55.